The van der Waals surface area contributed by atoms with E-state index in [2.05, 4.69) is 10.4 Å². The highest BCUT2D eigenvalue weighted by molar-refractivity contribution is 6.30. The van der Waals surface area contributed by atoms with E-state index in [-0.39, 0.29) is 24.8 Å². The SMILES string of the molecule is Cc1oc(-c2cccc(Cl)c2)nc1CN1C=CN2NC(c3ccc4c(c3)OCO4)CC2C1=O. The fourth-order valence-corrected chi connectivity index (χ4v) is 4.59. The molecule has 9 heteroatoms. The molecule has 3 aliphatic heterocycles. The summed E-state index contributed by atoms with van der Waals surface area (Å²) in [6, 6.07) is 12.9. The largest absolute Gasteiger partial charge is 0.454 e. The highest BCUT2D eigenvalue weighted by atomic mass is 35.5. The van der Waals surface area contributed by atoms with Gasteiger partial charge in [0.15, 0.2) is 11.5 Å². The van der Waals surface area contributed by atoms with Crippen molar-refractivity contribution < 1.29 is 18.7 Å². The van der Waals surface area contributed by atoms with Crippen LogP contribution in [-0.4, -0.2) is 33.6 Å². The van der Waals surface area contributed by atoms with Gasteiger partial charge in [-0.1, -0.05) is 23.7 Å². The Morgan fingerprint density at radius 2 is 2.03 bits per heavy atom. The summed E-state index contributed by atoms with van der Waals surface area (Å²) in [5.41, 5.74) is 5.99. The lowest BCUT2D eigenvalue weighted by Crippen LogP contribution is -2.47. The minimum absolute atomic E-state index is 0.00117. The molecule has 1 aromatic heterocycles. The van der Waals surface area contributed by atoms with E-state index in [1.165, 1.54) is 0 Å². The normalized spacial score (nSPS) is 21.1. The summed E-state index contributed by atoms with van der Waals surface area (Å²) in [4.78, 5) is 19.6. The van der Waals surface area contributed by atoms with Crippen LogP contribution >= 0.6 is 11.6 Å². The maximum absolute atomic E-state index is 13.3. The smallest absolute Gasteiger partial charge is 0.251 e. The first-order valence-corrected chi connectivity index (χ1v) is 11.1. The van der Waals surface area contributed by atoms with Gasteiger partial charge in [-0.3, -0.25) is 4.79 Å². The van der Waals surface area contributed by atoms with Gasteiger partial charge in [0.05, 0.1) is 12.6 Å². The Morgan fingerprint density at radius 1 is 1.15 bits per heavy atom. The molecule has 0 spiro atoms. The van der Waals surface area contributed by atoms with Gasteiger partial charge in [-0.2, -0.15) is 0 Å². The summed E-state index contributed by atoms with van der Waals surface area (Å²) in [5, 5.41) is 2.49. The number of hydrazine groups is 1. The highest BCUT2D eigenvalue weighted by Gasteiger charge is 2.40. The number of carbonyl (C=O) groups excluding carboxylic acids is 1. The number of aryl methyl sites for hydroxylation is 1. The number of nitrogens with one attached hydrogen (secondary N) is 1. The van der Waals surface area contributed by atoms with Crippen molar-refractivity contribution in [3.63, 3.8) is 0 Å². The van der Waals surface area contributed by atoms with E-state index in [0.29, 0.717) is 29.6 Å². The second-order valence-electron chi connectivity index (χ2n) is 8.25. The van der Waals surface area contributed by atoms with E-state index in [4.69, 9.17) is 25.5 Å². The third-order valence-corrected chi connectivity index (χ3v) is 6.39. The van der Waals surface area contributed by atoms with Crippen molar-refractivity contribution in [1.29, 1.82) is 0 Å². The van der Waals surface area contributed by atoms with Crippen molar-refractivity contribution in [2.75, 3.05) is 6.79 Å². The molecule has 0 bridgehead atoms. The summed E-state index contributed by atoms with van der Waals surface area (Å²) in [6.07, 6.45) is 4.32. The summed E-state index contributed by atoms with van der Waals surface area (Å²) >= 11 is 6.10. The van der Waals surface area contributed by atoms with Crippen LogP contribution in [0.15, 0.2) is 59.3 Å². The number of nitrogens with zero attached hydrogens (tertiary/aromatic N) is 3. The molecule has 0 radical (unpaired) electrons. The second-order valence-corrected chi connectivity index (χ2v) is 8.69. The van der Waals surface area contributed by atoms with Crippen LogP contribution in [0, 0.1) is 6.92 Å². The zero-order valence-corrected chi connectivity index (χ0v) is 18.6. The fourth-order valence-electron chi connectivity index (χ4n) is 4.40. The number of oxazole rings is 1. The van der Waals surface area contributed by atoms with Crippen LogP contribution in [-0.2, 0) is 11.3 Å². The summed E-state index contributed by atoms with van der Waals surface area (Å²) in [5.74, 6) is 2.67. The van der Waals surface area contributed by atoms with Crippen molar-refractivity contribution in [2.45, 2.75) is 32.0 Å². The molecule has 1 N–H and O–H groups in total. The lowest BCUT2D eigenvalue weighted by Gasteiger charge is -2.31. The summed E-state index contributed by atoms with van der Waals surface area (Å²) in [6.45, 7) is 2.43. The fraction of sp³-hybridized carbons (Fsp3) is 0.250. The van der Waals surface area contributed by atoms with E-state index in [9.17, 15) is 4.79 Å². The molecular formula is C24H21ClN4O4. The predicted octanol–water partition coefficient (Wildman–Crippen LogP) is 4.17. The standard InChI is InChI=1S/C24H21ClN4O4/c1-14-19(26-23(33-14)16-3-2-4-17(25)9-16)12-28-7-8-29-20(24(28)30)11-18(27-29)15-5-6-21-22(10-15)32-13-31-21/h2-10,18,20,27H,11-13H2,1H3. The number of benzene rings is 2. The summed E-state index contributed by atoms with van der Waals surface area (Å²) in [7, 11) is 0. The Morgan fingerprint density at radius 3 is 2.91 bits per heavy atom. The van der Waals surface area contributed by atoms with Crippen molar-refractivity contribution in [1.82, 2.24) is 20.3 Å². The van der Waals surface area contributed by atoms with Crippen LogP contribution in [0.1, 0.15) is 29.5 Å². The van der Waals surface area contributed by atoms with Gasteiger partial charge in [-0.05, 0) is 49.2 Å². The molecule has 4 heterocycles. The Labute approximate surface area is 195 Å². The molecule has 0 aliphatic carbocycles. The lowest BCUT2D eigenvalue weighted by molar-refractivity contribution is -0.135. The first-order chi connectivity index (χ1) is 16.0. The van der Waals surface area contributed by atoms with Crippen LogP contribution in [0.3, 0.4) is 0 Å². The first-order valence-electron chi connectivity index (χ1n) is 10.7. The number of amides is 1. The van der Waals surface area contributed by atoms with E-state index >= 15 is 0 Å². The van der Waals surface area contributed by atoms with Gasteiger partial charge < -0.3 is 23.8 Å². The van der Waals surface area contributed by atoms with E-state index in [0.717, 1.165) is 28.3 Å². The monoisotopic (exact) mass is 464 g/mol. The van der Waals surface area contributed by atoms with Gasteiger partial charge in [0.1, 0.15) is 17.5 Å². The van der Waals surface area contributed by atoms with Gasteiger partial charge in [0.2, 0.25) is 12.7 Å². The molecule has 168 valence electrons. The molecule has 3 aliphatic rings. The highest BCUT2D eigenvalue weighted by Crippen LogP contribution is 2.38. The molecule has 2 atom stereocenters. The third-order valence-electron chi connectivity index (χ3n) is 6.16. The molecule has 8 nitrogen and oxygen atoms in total. The molecule has 33 heavy (non-hydrogen) atoms. The molecule has 1 fully saturated rings. The molecular weight excluding hydrogens is 444 g/mol. The van der Waals surface area contributed by atoms with Gasteiger partial charge in [0, 0.05) is 23.0 Å². The number of carbonyl (C=O) groups is 1. The number of fused-ring (bicyclic) bond motifs is 2. The minimum atomic E-state index is -0.301. The minimum Gasteiger partial charge on any atom is -0.454 e. The second kappa shape index (κ2) is 7.83. The van der Waals surface area contributed by atoms with Crippen LogP contribution < -0.4 is 14.9 Å². The number of ether oxygens (including phenoxy) is 2. The number of halogens is 1. The van der Waals surface area contributed by atoms with Gasteiger partial charge >= 0.3 is 0 Å². The Balaban J connectivity index is 1.18. The third kappa shape index (κ3) is 3.61. The average Bonchev–Trinajstić information content (AvgIpc) is 3.54. The zero-order chi connectivity index (χ0) is 22.5. The molecule has 2 unspecified atom stereocenters. The molecule has 3 aromatic rings. The molecule has 0 saturated carbocycles. The van der Waals surface area contributed by atoms with Crippen molar-refractivity contribution in [2.24, 2.45) is 0 Å². The van der Waals surface area contributed by atoms with Crippen molar-refractivity contribution in [3.05, 3.63) is 76.9 Å². The zero-order valence-electron chi connectivity index (χ0n) is 17.8. The Bertz CT molecular complexity index is 1270. The van der Waals surface area contributed by atoms with Crippen LogP contribution in [0.4, 0.5) is 0 Å². The Hall–Kier alpha value is -3.49. The van der Waals surface area contributed by atoms with Crippen molar-refractivity contribution >= 4 is 17.5 Å². The van der Waals surface area contributed by atoms with Crippen LogP contribution in [0.5, 0.6) is 11.5 Å². The maximum Gasteiger partial charge on any atom is 0.251 e. The number of hydrogen-bond acceptors (Lipinski definition) is 7. The molecule has 2 aromatic carbocycles. The molecule has 1 saturated heterocycles. The topological polar surface area (TPSA) is 80.1 Å². The summed E-state index contributed by atoms with van der Waals surface area (Å²) < 4.78 is 16.8. The lowest BCUT2D eigenvalue weighted by atomic mass is 10.0. The van der Waals surface area contributed by atoms with Crippen molar-refractivity contribution in [3.8, 4) is 23.0 Å². The number of rotatable bonds is 4. The van der Waals surface area contributed by atoms with E-state index < -0.39 is 0 Å². The van der Waals surface area contributed by atoms with Crippen LogP contribution in [0.2, 0.25) is 5.02 Å². The van der Waals surface area contributed by atoms with Gasteiger partial charge in [-0.25, -0.2) is 10.4 Å². The maximum atomic E-state index is 13.3. The quantitative estimate of drug-likeness (QED) is 0.620. The first kappa shape index (κ1) is 20.1. The van der Waals surface area contributed by atoms with Gasteiger partial charge in [0.25, 0.3) is 5.91 Å². The van der Waals surface area contributed by atoms with Gasteiger partial charge in [-0.15, -0.1) is 0 Å². The number of hydrogen-bond donors (Lipinski definition) is 1. The Kier molecular flexibility index (Phi) is 4.78. The molecule has 1 amide bonds. The van der Waals surface area contributed by atoms with E-state index in [1.54, 1.807) is 23.2 Å². The van der Waals surface area contributed by atoms with Crippen LogP contribution in [0.25, 0.3) is 11.5 Å². The predicted molar refractivity (Wildman–Crippen MR) is 120 cm³/mol. The number of aromatic nitrogens is 1. The average molecular weight is 465 g/mol. The molecule has 6 rings (SSSR count). The van der Waals surface area contributed by atoms with E-state index in [1.807, 2.05) is 48.5 Å².